The zero-order chi connectivity index (χ0) is 21.4. The number of halogens is 2. The number of hydrogen-bond donors (Lipinski definition) is 0. The molecular weight excluding hydrogens is 589 g/mol. The van der Waals surface area contributed by atoms with Crippen molar-refractivity contribution in [2.75, 3.05) is 0 Å². The van der Waals surface area contributed by atoms with Crippen molar-refractivity contribution in [3.05, 3.63) is 13.9 Å². The molecule has 3 nitrogen and oxygen atoms in total. The zero-order valence-electron chi connectivity index (χ0n) is 21.8. The molecule has 0 aromatic heterocycles. The molecule has 0 N–H and O–H groups in total. The molecule has 30 heavy (non-hydrogen) atoms. The van der Waals surface area contributed by atoms with Gasteiger partial charge in [0.05, 0.1) is 0 Å². The Morgan fingerprint density at radius 3 is 0.467 bits per heavy atom. The van der Waals surface area contributed by atoms with Crippen LogP contribution in [-0.4, -0.2) is 49.4 Å². The summed E-state index contributed by atoms with van der Waals surface area (Å²) in [6.45, 7) is 28.6. The van der Waals surface area contributed by atoms with Crippen LogP contribution >= 0.6 is 0 Å². The van der Waals surface area contributed by atoms with E-state index >= 15 is 0 Å². The van der Waals surface area contributed by atoms with E-state index in [4.69, 9.17) is 13.9 Å². The Kier molecular flexibility index (Phi) is 16.2. The maximum absolute atomic E-state index is 4.93. The van der Waals surface area contributed by atoms with Gasteiger partial charge >= 0.3 is 26.2 Å². The molecule has 0 radical (unpaired) electrons. The van der Waals surface area contributed by atoms with Gasteiger partial charge in [-0.15, -0.1) is 0 Å². The molecule has 0 amide bonds. The average molecular weight is 637 g/mol. The molecule has 0 aliphatic carbocycles. The molecule has 0 atom stereocenters. The van der Waals surface area contributed by atoms with Gasteiger partial charge in [0.2, 0.25) is 0 Å². The van der Waals surface area contributed by atoms with Crippen LogP contribution < -0.4 is 24.8 Å². The van der Waals surface area contributed by atoms with E-state index in [2.05, 4.69) is 78.6 Å². The first kappa shape index (κ1) is 37.2. The normalized spacial score (nSPS) is 27.6. The Morgan fingerprint density at radius 2 is 0.433 bits per heavy atom. The van der Waals surface area contributed by atoms with Gasteiger partial charge < -0.3 is 38.8 Å². The SMILES string of the molecule is C[Si]1(C)CC[Si](C)(C)[N-]1.C[Si]1(C)CC[Si](C)(C)[N-]1.C[Si]1(C)CC[Si](C)(C)[N-]1.[Cl-].[Cl-].[Zr+2]. The summed E-state index contributed by atoms with van der Waals surface area (Å²) in [5, 5.41) is 0. The summed E-state index contributed by atoms with van der Waals surface area (Å²) in [6, 6.07) is 8.70. The summed E-state index contributed by atoms with van der Waals surface area (Å²) in [5.74, 6) is 0. The van der Waals surface area contributed by atoms with Crippen molar-refractivity contribution in [2.45, 2.75) is 115 Å². The molecule has 0 unspecified atom stereocenters. The summed E-state index contributed by atoms with van der Waals surface area (Å²) < 4.78 is 14.8. The van der Waals surface area contributed by atoms with Crippen molar-refractivity contribution in [2.24, 2.45) is 0 Å². The fourth-order valence-corrected chi connectivity index (χ4v) is 41.7. The third kappa shape index (κ3) is 15.5. The second-order valence-corrected chi connectivity index (χ2v) is 40.1. The van der Waals surface area contributed by atoms with E-state index in [0.717, 1.165) is 0 Å². The van der Waals surface area contributed by atoms with Crippen molar-refractivity contribution in [3.63, 3.8) is 0 Å². The van der Waals surface area contributed by atoms with E-state index < -0.39 is 49.4 Å². The minimum absolute atomic E-state index is 0. The van der Waals surface area contributed by atoms with Crippen molar-refractivity contribution in [1.29, 1.82) is 0 Å². The molecule has 0 bridgehead atoms. The number of nitrogens with zero attached hydrogens (tertiary/aromatic N) is 3. The topological polar surface area (TPSA) is 42.3 Å². The summed E-state index contributed by atoms with van der Waals surface area (Å²) in [6.07, 6.45) is 0. The van der Waals surface area contributed by atoms with Crippen LogP contribution in [0.15, 0.2) is 0 Å². The minimum atomic E-state index is -0.989. The van der Waals surface area contributed by atoms with Gasteiger partial charge in [-0.1, -0.05) is 164 Å². The third-order valence-corrected chi connectivity index (χ3v) is 30.7. The van der Waals surface area contributed by atoms with Gasteiger partial charge in [0.1, 0.15) is 0 Å². The smallest absolute Gasteiger partial charge is 1.00 e. The van der Waals surface area contributed by atoms with Gasteiger partial charge in [-0.25, -0.2) is 0 Å². The van der Waals surface area contributed by atoms with E-state index in [1.54, 1.807) is 0 Å². The Morgan fingerprint density at radius 1 is 0.333 bits per heavy atom. The Balaban J connectivity index is -0.000000347. The quantitative estimate of drug-likeness (QED) is 0.367. The van der Waals surface area contributed by atoms with Crippen LogP contribution in [-0.2, 0) is 26.2 Å². The molecule has 180 valence electrons. The minimum Gasteiger partial charge on any atom is -1.00 e. The van der Waals surface area contributed by atoms with Gasteiger partial charge in [-0.3, -0.25) is 0 Å². The Bertz CT molecular complexity index is 407. The molecule has 0 saturated carbocycles. The van der Waals surface area contributed by atoms with Crippen molar-refractivity contribution >= 4 is 49.4 Å². The second kappa shape index (κ2) is 13.1. The molecule has 0 aromatic carbocycles. The first-order chi connectivity index (χ1) is 11.7. The van der Waals surface area contributed by atoms with Crippen LogP contribution in [0, 0.1) is 0 Å². The van der Waals surface area contributed by atoms with Crippen LogP contribution in [0.5, 0.6) is 0 Å². The van der Waals surface area contributed by atoms with Crippen LogP contribution in [0.1, 0.15) is 0 Å². The van der Waals surface area contributed by atoms with Gasteiger partial charge in [-0.2, -0.15) is 0 Å². The van der Waals surface area contributed by atoms with Gasteiger partial charge in [-0.05, 0) is 0 Å². The summed E-state index contributed by atoms with van der Waals surface area (Å²) in [5.41, 5.74) is 0. The second-order valence-electron chi connectivity index (χ2n) is 12.7. The van der Waals surface area contributed by atoms with E-state index in [9.17, 15) is 0 Å². The average Bonchev–Trinajstić information content (AvgIpc) is 2.91. The van der Waals surface area contributed by atoms with E-state index in [0.29, 0.717) is 0 Å². The summed E-state index contributed by atoms with van der Waals surface area (Å²) >= 11 is 0. The van der Waals surface area contributed by atoms with Gasteiger partial charge in [0.15, 0.2) is 0 Å². The summed E-state index contributed by atoms with van der Waals surface area (Å²) in [4.78, 5) is 0. The maximum atomic E-state index is 4.93. The number of hydrogen-bond acceptors (Lipinski definition) is 0. The third-order valence-electron chi connectivity index (χ3n) is 5.86. The first-order valence-corrected chi connectivity index (χ1v) is 29.9. The summed E-state index contributed by atoms with van der Waals surface area (Å²) in [7, 11) is -5.93. The molecule has 3 saturated heterocycles. The van der Waals surface area contributed by atoms with Crippen molar-refractivity contribution < 1.29 is 51.0 Å². The van der Waals surface area contributed by atoms with E-state index in [1.165, 1.54) is 36.3 Å². The zero-order valence-corrected chi connectivity index (χ0v) is 31.8. The monoisotopic (exact) mass is 634 g/mol. The fraction of sp³-hybridized carbons (Fsp3) is 1.00. The fourth-order valence-electron chi connectivity index (χ4n) is 4.63. The van der Waals surface area contributed by atoms with Crippen LogP contribution in [0.3, 0.4) is 0 Å². The Hall–Kier alpha value is 2.64. The van der Waals surface area contributed by atoms with Gasteiger partial charge in [0.25, 0.3) is 0 Å². The predicted molar refractivity (Wildman–Crippen MR) is 144 cm³/mol. The largest absolute Gasteiger partial charge is 2.00 e. The van der Waals surface area contributed by atoms with Gasteiger partial charge in [0, 0.05) is 0 Å². The van der Waals surface area contributed by atoms with Crippen molar-refractivity contribution in [1.82, 2.24) is 0 Å². The molecular formula is C18H48Cl2N3Si6Zr-3. The van der Waals surface area contributed by atoms with Crippen molar-refractivity contribution in [3.8, 4) is 0 Å². The molecule has 0 spiro atoms. The van der Waals surface area contributed by atoms with Crippen LogP contribution in [0.4, 0.5) is 0 Å². The van der Waals surface area contributed by atoms with Crippen LogP contribution in [0.2, 0.25) is 115 Å². The predicted octanol–water partition coefficient (Wildman–Crippen LogP) is 2.36. The van der Waals surface area contributed by atoms with E-state index in [-0.39, 0.29) is 51.0 Å². The van der Waals surface area contributed by atoms with Crippen LogP contribution in [0.25, 0.3) is 13.9 Å². The molecule has 0 aromatic rings. The molecule has 3 aliphatic rings. The number of rotatable bonds is 0. The molecule has 3 rings (SSSR count). The Labute approximate surface area is 227 Å². The first-order valence-electron chi connectivity index (χ1n) is 11.0. The molecule has 3 fully saturated rings. The molecule has 3 heterocycles. The molecule has 12 heteroatoms. The van der Waals surface area contributed by atoms with E-state index in [1.807, 2.05) is 0 Å². The molecule has 3 aliphatic heterocycles. The maximum Gasteiger partial charge on any atom is 2.00 e. The standard InChI is InChI=1S/3C6H16NSi2.2ClH.Zr/c3*1-8(2)5-6-9(3,4)7-8;;;/h3*5-6H2,1-4H3;2*1H;/q3*-1;;;+2/p-2.